The van der Waals surface area contributed by atoms with E-state index < -0.39 is 0 Å². The van der Waals surface area contributed by atoms with Crippen LogP contribution in [0.1, 0.15) is 48.3 Å². The second-order valence-electron chi connectivity index (χ2n) is 8.31. The van der Waals surface area contributed by atoms with Crippen molar-refractivity contribution in [3.63, 3.8) is 0 Å². The number of nitrogens with one attached hydrogen (secondary N) is 1. The number of pyridine rings is 1. The topological polar surface area (TPSA) is 78.1 Å². The van der Waals surface area contributed by atoms with Gasteiger partial charge in [0.2, 0.25) is 5.91 Å². The molecule has 5 nitrogen and oxygen atoms in total. The fourth-order valence-corrected chi connectivity index (χ4v) is 6.37. The van der Waals surface area contributed by atoms with Gasteiger partial charge in [-0.25, -0.2) is 4.98 Å². The van der Waals surface area contributed by atoms with Gasteiger partial charge < -0.3 is 5.32 Å². The van der Waals surface area contributed by atoms with E-state index in [9.17, 15) is 10.1 Å². The Kier molecular flexibility index (Phi) is 8.04. The van der Waals surface area contributed by atoms with E-state index in [0.717, 1.165) is 41.0 Å². The van der Waals surface area contributed by atoms with Crippen molar-refractivity contribution in [2.45, 2.75) is 49.7 Å². The number of fused-ring (bicyclic) bond motifs is 1. The lowest BCUT2D eigenvalue weighted by molar-refractivity contribution is -0.115. The van der Waals surface area contributed by atoms with Crippen LogP contribution >= 0.6 is 34.7 Å². The van der Waals surface area contributed by atoms with E-state index in [-0.39, 0.29) is 11.2 Å². The van der Waals surface area contributed by atoms with Gasteiger partial charge in [0.05, 0.1) is 16.5 Å². The number of thiophene rings is 1. The van der Waals surface area contributed by atoms with Gasteiger partial charge >= 0.3 is 0 Å². The maximum Gasteiger partial charge on any atom is 0.238 e. The Morgan fingerprint density at radius 1 is 1.41 bits per heavy atom. The molecule has 2 atom stereocenters. The van der Waals surface area contributed by atoms with Crippen molar-refractivity contribution in [3.05, 3.63) is 69.3 Å². The molecular formula is C26H25ClN4OS2. The molecule has 4 rings (SSSR count). The molecule has 2 unspecified atom stereocenters. The summed E-state index contributed by atoms with van der Waals surface area (Å²) in [6.07, 6.45) is 7.00. The number of amides is 1. The van der Waals surface area contributed by atoms with Gasteiger partial charge in [0.1, 0.15) is 16.2 Å². The van der Waals surface area contributed by atoms with Crippen LogP contribution in [0.15, 0.2) is 52.5 Å². The van der Waals surface area contributed by atoms with Crippen LogP contribution in [0.25, 0.3) is 0 Å². The highest BCUT2D eigenvalue weighted by molar-refractivity contribution is 8.00. The molecule has 174 valence electrons. The Bertz CT molecular complexity index is 1250. The SMILES string of the molecule is CCC(Sc1ccc(N=Cc2cccnc2Cl)cc1)C(=O)Nc1sc2c(c1C#N)CCC(C)C2. The number of rotatable bonds is 7. The molecule has 1 aliphatic carbocycles. The zero-order valence-corrected chi connectivity index (χ0v) is 21.4. The van der Waals surface area contributed by atoms with Gasteiger partial charge in [-0.05, 0) is 73.6 Å². The zero-order chi connectivity index (χ0) is 24.1. The molecule has 0 spiro atoms. The second-order valence-corrected chi connectivity index (χ2v) is 11.0. The number of thioether (sulfide) groups is 1. The maximum atomic E-state index is 13.1. The number of aliphatic imine (C=N–C) groups is 1. The summed E-state index contributed by atoms with van der Waals surface area (Å²) in [4.78, 5) is 23.8. The number of benzene rings is 1. The number of halogens is 1. The molecule has 2 heterocycles. The summed E-state index contributed by atoms with van der Waals surface area (Å²) in [5.74, 6) is 0.554. The molecule has 0 saturated heterocycles. The van der Waals surface area contributed by atoms with Crippen LogP contribution in [0.4, 0.5) is 10.7 Å². The summed E-state index contributed by atoms with van der Waals surface area (Å²) in [7, 11) is 0. The predicted molar refractivity (Wildman–Crippen MR) is 142 cm³/mol. The summed E-state index contributed by atoms with van der Waals surface area (Å²) in [5, 5.41) is 13.6. The number of carbonyl (C=O) groups is 1. The quantitative estimate of drug-likeness (QED) is 0.210. The Morgan fingerprint density at radius 3 is 2.91 bits per heavy atom. The Labute approximate surface area is 213 Å². The summed E-state index contributed by atoms with van der Waals surface area (Å²) in [6.45, 7) is 4.24. The number of nitrogens with zero attached hydrogens (tertiary/aromatic N) is 3. The maximum absolute atomic E-state index is 13.1. The van der Waals surface area contributed by atoms with Crippen molar-refractivity contribution in [2.24, 2.45) is 10.9 Å². The standard InChI is InChI=1S/C26H25ClN4OS2/c1-3-22(25(32)31-26-21(14-28)20-11-6-16(2)13-23(20)34-26)33-19-9-7-18(8-10-19)30-15-17-5-4-12-29-24(17)27/h4-5,7-10,12,15-16,22H,3,6,11,13H2,1-2H3,(H,31,32). The summed E-state index contributed by atoms with van der Waals surface area (Å²) in [5.41, 5.74) is 3.33. The first-order chi connectivity index (χ1) is 16.5. The summed E-state index contributed by atoms with van der Waals surface area (Å²) >= 11 is 9.15. The molecule has 1 amide bonds. The van der Waals surface area contributed by atoms with Gasteiger partial charge in [0.15, 0.2) is 0 Å². The normalized spacial score (nSPS) is 16.1. The number of carbonyl (C=O) groups excluding carboxylic acids is 1. The first-order valence-electron chi connectivity index (χ1n) is 11.2. The van der Waals surface area contributed by atoms with Crippen molar-refractivity contribution < 1.29 is 4.79 Å². The Balaban J connectivity index is 1.42. The molecule has 0 radical (unpaired) electrons. The van der Waals surface area contributed by atoms with E-state index in [2.05, 4.69) is 28.3 Å². The van der Waals surface area contributed by atoms with E-state index in [1.807, 2.05) is 43.3 Å². The third-order valence-corrected chi connectivity index (χ3v) is 8.64. The number of hydrogen-bond donors (Lipinski definition) is 1. The van der Waals surface area contributed by atoms with Gasteiger partial charge in [-0.3, -0.25) is 9.79 Å². The van der Waals surface area contributed by atoms with E-state index >= 15 is 0 Å². The molecule has 3 aromatic rings. The lowest BCUT2D eigenvalue weighted by Gasteiger charge is -2.17. The second kappa shape index (κ2) is 11.2. The Hall–Kier alpha value is -2.66. The number of nitriles is 1. The number of anilines is 1. The van der Waals surface area contributed by atoms with Crippen LogP contribution in [-0.2, 0) is 17.6 Å². The molecule has 8 heteroatoms. The summed E-state index contributed by atoms with van der Waals surface area (Å²) < 4.78 is 0. The van der Waals surface area contributed by atoms with Crippen molar-refractivity contribution in [2.75, 3.05) is 5.32 Å². The van der Waals surface area contributed by atoms with Crippen molar-refractivity contribution in [3.8, 4) is 6.07 Å². The molecule has 0 aliphatic heterocycles. The Morgan fingerprint density at radius 2 is 2.21 bits per heavy atom. The largest absolute Gasteiger partial charge is 0.316 e. The monoisotopic (exact) mass is 508 g/mol. The van der Waals surface area contributed by atoms with Gasteiger partial charge in [-0.1, -0.05) is 25.4 Å². The van der Waals surface area contributed by atoms with Gasteiger partial charge in [-0.15, -0.1) is 23.1 Å². The third kappa shape index (κ3) is 5.69. The van der Waals surface area contributed by atoms with Crippen LogP contribution in [0, 0.1) is 17.2 Å². The molecule has 1 aliphatic rings. The first-order valence-corrected chi connectivity index (χ1v) is 13.3. The average molecular weight is 509 g/mol. The van der Waals surface area contributed by atoms with Crippen molar-refractivity contribution in [1.82, 2.24) is 4.98 Å². The number of hydrogen-bond acceptors (Lipinski definition) is 6. The molecule has 1 N–H and O–H groups in total. The van der Waals surface area contributed by atoms with E-state index in [1.165, 1.54) is 16.6 Å². The molecule has 1 aromatic carbocycles. The molecular weight excluding hydrogens is 484 g/mol. The van der Waals surface area contributed by atoms with Crippen LogP contribution in [0.2, 0.25) is 5.15 Å². The molecule has 2 aromatic heterocycles. The minimum atomic E-state index is -0.256. The van der Waals surface area contributed by atoms with Crippen molar-refractivity contribution in [1.29, 1.82) is 5.26 Å². The van der Waals surface area contributed by atoms with Crippen LogP contribution in [-0.4, -0.2) is 22.4 Å². The van der Waals surface area contributed by atoms with Crippen molar-refractivity contribution >= 4 is 57.5 Å². The van der Waals surface area contributed by atoms with E-state index in [4.69, 9.17) is 11.6 Å². The molecule has 0 saturated carbocycles. The molecule has 34 heavy (non-hydrogen) atoms. The van der Waals surface area contributed by atoms with Gasteiger partial charge in [-0.2, -0.15) is 5.26 Å². The minimum absolute atomic E-state index is 0.0658. The third-order valence-electron chi connectivity index (χ3n) is 5.78. The fourth-order valence-electron chi connectivity index (χ4n) is 3.89. The highest BCUT2D eigenvalue weighted by Gasteiger charge is 2.26. The highest BCUT2D eigenvalue weighted by atomic mass is 35.5. The van der Waals surface area contributed by atoms with Gasteiger partial charge in [0, 0.05) is 27.7 Å². The molecule has 0 bridgehead atoms. The zero-order valence-electron chi connectivity index (χ0n) is 19.0. The van der Waals surface area contributed by atoms with Crippen LogP contribution in [0.5, 0.6) is 0 Å². The highest BCUT2D eigenvalue weighted by Crippen LogP contribution is 2.39. The first kappa shape index (κ1) is 24.5. The van der Waals surface area contributed by atoms with Gasteiger partial charge in [0.25, 0.3) is 0 Å². The van der Waals surface area contributed by atoms with Crippen LogP contribution in [0.3, 0.4) is 0 Å². The predicted octanol–water partition coefficient (Wildman–Crippen LogP) is 7.05. The minimum Gasteiger partial charge on any atom is -0.316 e. The lowest BCUT2D eigenvalue weighted by Crippen LogP contribution is -2.24. The average Bonchev–Trinajstić information content (AvgIpc) is 3.18. The van der Waals surface area contributed by atoms with E-state index in [1.54, 1.807) is 23.7 Å². The van der Waals surface area contributed by atoms with Crippen LogP contribution < -0.4 is 5.32 Å². The number of aromatic nitrogens is 1. The summed E-state index contributed by atoms with van der Waals surface area (Å²) in [6, 6.07) is 13.7. The molecule has 0 fully saturated rings. The lowest BCUT2D eigenvalue weighted by atomic mass is 9.88. The fraction of sp³-hybridized carbons (Fsp3) is 0.308. The smallest absolute Gasteiger partial charge is 0.238 e. The van der Waals surface area contributed by atoms with E-state index in [0.29, 0.717) is 28.1 Å².